The number of nitrogens with two attached hydrogens (primary N) is 1. The fourth-order valence-corrected chi connectivity index (χ4v) is 2.28. The molecule has 1 aliphatic heterocycles. The van der Waals surface area contributed by atoms with Crippen LogP contribution in [0.4, 0.5) is 4.39 Å². The molecule has 0 saturated heterocycles. The molecule has 9 heteroatoms. The van der Waals surface area contributed by atoms with Crippen molar-refractivity contribution >= 4 is 12.0 Å². The number of carbonyl (C=O) groups excluding carboxylic acids is 1. The van der Waals surface area contributed by atoms with Gasteiger partial charge >= 0.3 is 0 Å². The Morgan fingerprint density at radius 1 is 1.59 bits per heavy atom. The van der Waals surface area contributed by atoms with Crippen molar-refractivity contribution in [2.75, 3.05) is 19.8 Å². The minimum Gasteiger partial charge on any atom is -0.394 e. The maximum absolute atomic E-state index is 14.9. The summed E-state index contributed by atoms with van der Waals surface area (Å²) in [6, 6.07) is 0. The lowest BCUT2D eigenvalue weighted by molar-refractivity contribution is -0.146. The molecule has 2 rings (SSSR count). The SMILES string of the molecule is NC(=O)C1(F)C=Cc2cnc(C[C@@H](O)CO)n2C1OCCO. The third kappa shape index (κ3) is 2.88. The van der Waals surface area contributed by atoms with Crippen LogP contribution in [0.2, 0.25) is 0 Å². The third-order valence-electron chi connectivity index (χ3n) is 3.37. The van der Waals surface area contributed by atoms with Gasteiger partial charge in [-0.2, -0.15) is 0 Å². The zero-order valence-corrected chi connectivity index (χ0v) is 11.7. The molecule has 0 radical (unpaired) electrons. The Hall–Kier alpha value is -1.81. The van der Waals surface area contributed by atoms with Crippen LogP contribution in [0.5, 0.6) is 0 Å². The number of amides is 1. The number of ether oxygens (including phenoxy) is 1. The Labute approximate surface area is 125 Å². The molecule has 0 bridgehead atoms. The van der Waals surface area contributed by atoms with E-state index in [4.69, 9.17) is 20.7 Å². The highest BCUT2D eigenvalue weighted by Gasteiger charge is 2.48. The van der Waals surface area contributed by atoms with Gasteiger partial charge in [-0.3, -0.25) is 9.36 Å². The van der Waals surface area contributed by atoms with Gasteiger partial charge in [0.05, 0.1) is 37.8 Å². The van der Waals surface area contributed by atoms with Crippen LogP contribution in [0.1, 0.15) is 17.7 Å². The van der Waals surface area contributed by atoms with Crippen molar-refractivity contribution in [2.45, 2.75) is 24.4 Å². The molecule has 0 spiro atoms. The summed E-state index contributed by atoms with van der Waals surface area (Å²) < 4.78 is 21.5. The minimum absolute atomic E-state index is 0.0574. The van der Waals surface area contributed by atoms with Crippen molar-refractivity contribution in [3.8, 4) is 0 Å². The number of aliphatic hydroxyl groups excluding tert-OH is 3. The third-order valence-corrected chi connectivity index (χ3v) is 3.37. The number of aliphatic hydroxyl groups is 3. The highest BCUT2D eigenvalue weighted by Crippen LogP contribution is 2.37. The molecule has 8 nitrogen and oxygen atoms in total. The van der Waals surface area contributed by atoms with Crippen molar-refractivity contribution in [1.82, 2.24) is 9.55 Å². The topological polar surface area (TPSA) is 131 Å². The van der Waals surface area contributed by atoms with E-state index in [1.165, 1.54) is 16.8 Å². The number of imidazole rings is 1. The average molecular weight is 315 g/mol. The van der Waals surface area contributed by atoms with E-state index in [1.807, 2.05) is 0 Å². The first-order chi connectivity index (χ1) is 10.4. The van der Waals surface area contributed by atoms with Crippen LogP contribution >= 0.6 is 0 Å². The summed E-state index contributed by atoms with van der Waals surface area (Å²) in [5.41, 5.74) is 2.98. The summed E-state index contributed by atoms with van der Waals surface area (Å²) >= 11 is 0. The summed E-state index contributed by atoms with van der Waals surface area (Å²) in [6.45, 7) is -1.07. The number of primary amides is 1. The van der Waals surface area contributed by atoms with Crippen LogP contribution in [0.25, 0.3) is 6.08 Å². The van der Waals surface area contributed by atoms with Crippen molar-refractivity contribution in [3.05, 3.63) is 23.8 Å². The van der Waals surface area contributed by atoms with Gasteiger partial charge < -0.3 is 25.8 Å². The van der Waals surface area contributed by atoms with E-state index in [-0.39, 0.29) is 25.5 Å². The molecular weight excluding hydrogens is 297 g/mol. The number of fused-ring (bicyclic) bond motifs is 1. The molecule has 1 amide bonds. The Morgan fingerprint density at radius 2 is 2.32 bits per heavy atom. The van der Waals surface area contributed by atoms with Crippen molar-refractivity contribution in [1.29, 1.82) is 0 Å². The summed E-state index contributed by atoms with van der Waals surface area (Å²) in [7, 11) is 0. The van der Waals surface area contributed by atoms with Gasteiger partial charge in [0.25, 0.3) is 11.6 Å². The van der Waals surface area contributed by atoms with Gasteiger partial charge in [0.2, 0.25) is 0 Å². The van der Waals surface area contributed by atoms with Crippen molar-refractivity contribution in [3.63, 3.8) is 0 Å². The van der Waals surface area contributed by atoms with Crippen LogP contribution in [0, 0.1) is 0 Å². The number of hydrogen-bond donors (Lipinski definition) is 4. The van der Waals surface area contributed by atoms with E-state index in [0.29, 0.717) is 5.69 Å². The summed E-state index contributed by atoms with van der Waals surface area (Å²) in [5, 5.41) is 27.3. The molecule has 22 heavy (non-hydrogen) atoms. The number of aromatic nitrogens is 2. The number of nitrogens with zero attached hydrogens (tertiary/aromatic N) is 2. The zero-order chi connectivity index (χ0) is 16.3. The number of halogens is 1. The monoisotopic (exact) mass is 315 g/mol. The Kier molecular flexibility index (Phi) is 4.91. The molecule has 2 unspecified atom stereocenters. The zero-order valence-electron chi connectivity index (χ0n) is 11.7. The van der Waals surface area contributed by atoms with Crippen LogP contribution in [0.15, 0.2) is 12.3 Å². The molecule has 2 heterocycles. The predicted octanol–water partition coefficient (Wildman–Crippen LogP) is -1.49. The number of alkyl halides is 1. The van der Waals surface area contributed by atoms with Crippen LogP contribution in [0.3, 0.4) is 0 Å². The maximum Gasteiger partial charge on any atom is 0.264 e. The lowest BCUT2D eigenvalue weighted by Crippen LogP contribution is -2.49. The largest absolute Gasteiger partial charge is 0.394 e. The van der Waals surface area contributed by atoms with Gasteiger partial charge in [0, 0.05) is 6.42 Å². The van der Waals surface area contributed by atoms with E-state index in [9.17, 15) is 14.3 Å². The molecule has 0 saturated carbocycles. The molecule has 0 fully saturated rings. The number of carbonyl (C=O) groups is 1. The number of rotatable bonds is 7. The molecule has 0 aromatic carbocycles. The predicted molar refractivity (Wildman–Crippen MR) is 73.2 cm³/mol. The lowest BCUT2D eigenvalue weighted by atomic mass is 9.98. The van der Waals surface area contributed by atoms with Crippen LogP contribution < -0.4 is 5.73 Å². The first-order valence-electron chi connectivity index (χ1n) is 6.69. The maximum atomic E-state index is 14.9. The van der Waals surface area contributed by atoms with E-state index in [1.54, 1.807) is 0 Å². The van der Waals surface area contributed by atoms with Gasteiger partial charge in [-0.15, -0.1) is 0 Å². The molecule has 122 valence electrons. The van der Waals surface area contributed by atoms with Crippen molar-refractivity contribution in [2.24, 2.45) is 5.73 Å². The second kappa shape index (κ2) is 6.53. The van der Waals surface area contributed by atoms with Gasteiger partial charge in [0.1, 0.15) is 5.82 Å². The molecule has 3 atom stereocenters. The van der Waals surface area contributed by atoms with Crippen molar-refractivity contribution < 1.29 is 29.2 Å². The summed E-state index contributed by atoms with van der Waals surface area (Å²) in [4.78, 5) is 15.5. The first-order valence-corrected chi connectivity index (χ1v) is 6.69. The van der Waals surface area contributed by atoms with Crippen LogP contribution in [-0.2, 0) is 16.0 Å². The van der Waals surface area contributed by atoms with E-state index < -0.39 is 30.5 Å². The Morgan fingerprint density at radius 3 is 2.91 bits per heavy atom. The minimum atomic E-state index is -2.61. The molecule has 0 aliphatic carbocycles. The molecule has 1 aromatic rings. The van der Waals surface area contributed by atoms with Crippen LogP contribution in [-0.4, -0.2) is 62.4 Å². The highest BCUT2D eigenvalue weighted by molar-refractivity contribution is 5.88. The first kappa shape index (κ1) is 16.6. The van der Waals surface area contributed by atoms with Gasteiger partial charge in [-0.05, 0) is 12.2 Å². The Balaban J connectivity index is 2.43. The smallest absolute Gasteiger partial charge is 0.264 e. The summed E-state index contributed by atoms with van der Waals surface area (Å²) in [6.07, 6.45) is 1.16. The quantitative estimate of drug-likeness (QED) is 0.485. The van der Waals surface area contributed by atoms with Gasteiger partial charge in [-0.1, -0.05) is 0 Å². The van der Waals surface area contributed by atoms with Gasteiger partial charge in [-0.25, -0.2) is 9.37 Å². The lowest BCUT2D eigenvalue weighted by Gasteiger charge is -2.34. The fourth-order valence-electron chi connectivity index (χ4n) is 2.28. The molecule has 1 aliphatic rings. The fraction of sp³-hybridized carbons (Fsp3) is 0.538. The van der Waals surface area contributed by atoms with E-state index >= 15 is 0 Å². The highest BCUT2D eigenvalue weighted by atomic mass is 19.1. The molecular formula is C13H18FN3O5. The van der Waals surface area contributed by atoms with Gasteiger partial charge in [0.15, 0.2) is 6.23 Å². The standard InChI is InChI=1S/C13H18FN3O5/c14-13(11(15)21)2-1-8-6-16-10(5-9(20)7-19)17(8)12(13)22-4-3-18/h1-2,6,9,12,18-20H,3-5,7H2,(H2,15,21)/t9-,12?,13?/m1/s1. The molecule has 5 N–H and O–H groups in total. The second-order valence-electron chi connectivity index (χ2n) is 4.92. The number of hydrogen-bond acceptors (Lipinski definition) is 6. The Bertz CT molecular complexity index is 576. The summed E-state index contributed by atoms with van der Waals surface area (Å²) in [5.74, 6) is -1.01. The van der Waals surface area contributed by atoms with E-state index in [2.05, 4.69) is 4.98 Å². The van der Waals surface area contributed by atoms with E-state index in [0.717, 1.165) is 6.08 Å². The molecule has 1 aromatic heterocycles. The second-order valence-corrected chi connectivity index (χ2v) is 4.92. The normalized spacial score (nSPS) is 25.0. The average Bonchev–Trinajstić information content (AvgIpc) is 2.89.